The van der Waals surface area contributed by atoms with Gasteiger partial charge in [-0.3, -0.25) is 4.79 Å². The molecule has 2 aliphatic heterocycles. The minimum Gasteiger partial charge on any atom is -0.497 e. The largest absolute Gasteiger partial charge is 0.497 e. The first-order valence-electron chi connectivity index (χ1n) is 13.0. The van der Waals surface area contributed by atoms with E-state index in [-0.39, 0.29) is 27.9 Å². The molecule has 14 nitrogen and oxygen atoms in total. The topological polar surface area (TPSA) is 207 Å². The van der Waals surface area contributed by atoms with Gasteiger partial charge in [0.2, 0.25) is 11.7 Å². The molecule has 0 spiro atoms. The van der Waals surface area contributed by atoms with Gasteiger partial charge in [0.1, 0.15) is 53.7 Å². The molecule has 5 rings (SSSR count). The van der Waals surface area contributed by atoms with Crippen molar-refractivity contribution in [3.8, 4) is 28.4 Å². The molecular formula is C28H32O14. The zero-order chi connectivity index (χ0) is 30.2. The molecule has 6 N–H and O–H groups in total. The molecule has 0 bridgehead atoms. The summed E-state index contributed by atoms with van der Waals surface area (Å²) in [4.78, 5) is 13.3. The highest BCUT2D eigenvalue weighted by atomic mass is 16.7. The Balaban J connectivity index is 1.36. The smallest absolute Gasteiger partial charge is 0.229 e. The molecule has 0 saturated carbocycles. The number of hydrogen-bond acceptors (Lipinski definition) is 14. The Labute approximate surface area is 238 Å². The molecule has 1 aromatic heterocycles. The van der Waals surface area contributed by atoms with Crippen molar-refractivity contribution in [1.82, 2.24) is 0 Å². The van der Waals surface area contributed by atoms with Crippen molar-refractivity contribution in [3.05, 3.63) is 52.9 Å². The quantitative estimate of drug-likeness (QED) is 0.178. The lowest BCUT2D eigenvalue weighted by Crippen LogP contribution is -2.60. The highest BCUT2D eigenvalue weighted by Gasteiger charge is 2.50. The van der Waals surface area contributed by atoms with Crippen LogP contribution in [0.15, 0.2) is 51.9 Å². The van der Waals surface area contributed by atoms with Gasteiger partial charge in [-0.1, -0.05) is 12.1 Å². The molecule has 2 aromatic carbocycles. The minimum atomic E-state index is -1.92. The summed E-state index contributed by atoms with van der Waals surface area (Å²) in [5.74, 6) is 0.723. The van der Waals surface area contributed by atoms with E-state index in [1.54, 1.807) is 24.3 Å². The van der Waals surface area contributed by atoms with Gasteiger partial charge in [0.05, 0.1) is 45.0 Å². The average molecular weight is 593 g/mol. The molecule has 2 fully saturated rings. The first kappa shape index (κ1) is 30.2. The number of aliphatic hydroxyl groups excluding tert-OH is 5. The van der Waals surface area contributed by atoms with Crippen molar-refractivity contribution in [2.24, 2.45) is 0 Å². The molecule has 3 heterocycles. The predicted molar refractivity (Wildman–Crippen MR) is 142 cm³/mol. The maximum Gasteiger partial charge on any atom is 0.229 e. The Bertz CT molecular complexity index is 1440. The van der Waals surface area contributed by atoms with Crippen LogP contribution in [0.2, 0.25) is 0 Å². The summed E-state index contributed by atoms with van der Waals surface area (Å²) in [7, 11) is 2.88. The summed E-state index contributed by atoms with van der Waals surface area (Å²) in [6.45, 7) is -1.62. The van der Waals surface area contributed by atoms with Gasteiger partial charge >= 0.3 is 0 Å². The molecule has 2 saturated heterocycles. The summed E-state index contributed by atoms with van der Waals surface area (Å²) in [5, 5.41) is 61.3. The van der Waals surface area contributed by atoms with Gasteiger partial charge < -0.3 is 63.5 Å². The molecule has 3 aromatic rings. The van der Waals surface area contributed by atoms with Crippen LogP contribution in [0.5, 0.6) is 17.2 Å². The van der Waals surface area contributed by atoms with Crippen LogP contribution in [0, 0.1) is 0 Å². The maximum absolute atomic E-state index is 13.3. The van der Waals surface area contributed by atoms with Crippen LogP contribution in [0.1, 0.15) is 0 Å². The third-order valence-corrected chi connectivity index (χ3v) is 7.38. The third-order valence-electron chi connectivity index (χ3n) is 7.38. The van der Waals surface area contributed by atoms with Crippen molar-refractivity contribution in [1.29, 1.82) is 0 Å². The number of rotatable bonds is 9. The van der Waals surface area contributed by atoms with Crippen LogP contribution in [-0.2, 0) is 14.2 Å². The zero-order valence-corrected chi connectivity index (χ0v) is 22.7. The summed E-state index contributed by atoms with van der Waals surface area (Å²) < 4.78 is 38.4. The Morgan fingerprint density at radius 2 is 1.69 bits per heavy atom. The predicted octanol–water partition coefficient (Wildman–Crippen LogP) is -0.879. The van der Waals surface area contributed by atoms with Crippen LogP contribution in [0.4, 0.5) is 0 Å². The number of ether oxygens (including phenoxy) is 6. The van der Waals surface area contributed by atoms with Gasteiger partial charge in [-0.05, 0) is 23.8 Å². The van der Waals surface area contributed by atoms with Crippen molar-refractivity contribution in [3.63, 3.8) is 0 Å². The fraction of sp³-hybridized carbons (Fsp3) is 0.464. The van der Waals surface area contributed by atoms with Gasteiger partial charge in [-0.15, -0.1) is 0 Å². The lowest BCUT2D eigenvalue weighted by atomic mass is 9.99. The highest BCUT2D eigenvalue weighted by molar-refractivity contribution is 5.84. The molecule has 0 amide bonds. The van der Waals surface area contributed by atoms with E-state index in [1.807, 2.05) is 0 Å². The zero-order valence-electron chi connectivity index (χ0n) is 22.7. The Morgan fingerprint density at radius 3 is 2.33 bits per heavy atom. The molecule has 228 valence electrons. The van der Waals surface area contributed by atoms with Crippen LogP contribution in [-0.4, -0.2) is 113 Å². The van der Waals surface area contributed by atoms with E-state index in [1.165, 1.54) is 32.6 Å². The van der Waals surface area contributed by atoms with E-state index >= 15 is 0 Å². The SMILES string of the molecule is COc1ccc(-c2coc3cc(O[C@H]4O[C@H](CO[C@H]5OC[C@](O)(CO)[C@H]5O)[C@@H](O)[C@H](O)[C@H]4O)c(OC)cc3c2=O)cc1. The average Bonchev–Trinajstić information content (AvgIpc) is 3.30. The first-order chi connectivity index (χ1) is 20.1. The van der Waals surface area contributed by atoms with Gasteiger partial charge in [-0.2, -0.15) is 0 Å². The normalized spacial score (nSPS) is 31.3. The Kier molecular flexibility index (Phi) is 8.71. The second-order valence-electron chi connectivity index (χ2n) is 10.1. The fourth-order valence-electron chi connectivity index (χ4n) is 4.76. The number of fused-ring (bicyclic) bond motifs is 1. The lowest BCUT2D eigenvalue weighted by Gasteiger charge is -2.40. The summed E-state index contributed by atoms with van der Waals surface area (Å²) in [5.41, 5.74) is -1.19. The van der Waals surface area contributed by atoms with E-state index in [2.05, 4.69) is 0 Å². The van der Waals surface area contributed by atoms with Crippen molar-refractivity contribution in [2.45, 2.75) is 48.7 Å². The molecular weight excluding hydrogens is 560 g/mol. The minimum absolute atomic E-state index is 0.000198. The van der Waals surface area contributed by atoms with Gasteiger partial charge in [0.25, 0.3) is 0 Å². The molecule has 0 unspecified atom stereocenters. The number of benzene rings is 2. The molecule has 14 heteroatoms. The van der Waals surface area contributed by atoms with Gasteiger partial charge in [0.15, 0.2) is 17.8 Å². The van der Waals surface area contributed by atoms with Crippen LogP contribution in [0.3, 0.4) is 0 Å². The van der Waals surface area contributed by atoms with E-state index < -0.39 is 68.5 Å². The second-order valence-corrected chi connectivity index (χ2v) is 10.1. The van der Waals surface area contributed by atoms with E-state index in [0.29, 0.717) is 16.9 Å². The van der Waals surface area contributed by atoms with Crippen LogP contribution < -0.4 is 19.6 Å². The van der Waals surface area contributed by atoms with E-state index in [0.717, 1.165) is 0 Å². The molecule has 0 aliphatic carbocycles. The summed E-state index contributed by atoms with van der Waals surface area (Å²) in [6.07, 6.45) is -9.52. The van der Waals surface area contributed by atoms with Crippen LogP contribution in [0.25, 0.3) is 22.1 Å². The van der Waals surface area contributed by atoms with E-state index in [4.69, 9.17) is 32.8 Å². The van der Waals surface area contributed by atoms with Gasteiger partial charge in [0, 0.05) is 6.07 Å². The maximum atomic E-state index is 13.3. The highest BCUT2D eigenvalue weighted by Crippen LogP contribution is 2.35. The second kappa shape index (κ2) is 12.1. The summed E-state index contributed by atoms with van der Waals surface area (Å²) >= 11 is 0. The molecule has 42 heavy (non-hydrogen) atoms. The Hall–Kier alpha value is -3.31. The molecule has 8 atom stereocenters. The number of aliphatic hydroxyl groups is 6. The molecule has 2 aliphatic rings. The van der Waals surface area contributed by atoms with Crippen molar-refractivity contribution in [2.75, 3.05) is 34.0 Å². The first-order valence-corrected chi connectivity index (χ1v) is 13.0. The number of methoxy groups -OCH3 is 2. The third kappa shape index (κ3) is 5.56. The van der Waals surface area contributed by atoms with Crippen LogP contribution >= 0.6 is 0 Å². The lowest BCUT2D eigenvalue weighted by molar-refractivity contribution is -0.289. The monoisotopic (exact) mass is 592 g/mol. The molecule has 0 radical (unpaired) electrons. The Morgan fingerprint density at radius 1 is 0.952 bits per heavy atom. The summed E-state index contributed by atoms with van der Waals surface area (Å²) in [6, 6.07) is 9.65. The van der Waals surface area contributed by atoms with Crippen molar-refractivity contribution < 1.29 is 63.5 Å². The fourth-order valence-corrected chi connectivity index (χ4v) is 4.76. The standard InChI is InChI=1S/C28H32O14/c1-36-14-5-3-13(4-6-14)16-9-38-17-8-19(18(37-2)7-15(17)21(16)30)41-26-24(33)23(32)22(31)20(42-26)10-39-27-25(34)28(35,11-29)12-40-27/h3-9,20,22-27,29,31-35H,10-12H2,1-2H3/t20-,22-,23+,24-,25+,26+,27+,28-/m1/s1. The van der Waals surface area contributed by atoms with E-state index in [9.17, 15) is 35.4 Å². The van der Waals surface area contributed by atoms with Gasteiger partial charge in [-0.25, -0.2) is 0 Å². The number of hydrogen-bond donors (Lipinski definition) is 6. The van der Waals surface area contributed by atoms with Crippen molar-refractivity contribution >= 4 is 11.0 Å².